The van der Waals surface area contributed by atoms with E-state index in [0.717, 1.165) is 5.56 Å². The normalized spacial score (nSPS) is 11.9. The van der Waals surface area contributed by atoms with Crippen LogP contribution in [0.3, 0.4) is 0 Å². The fourth-order valence-corrected chi connectivity index (χ4v) is 3.84. The molecule has 1 heterocycles. The van der Waals surface area contributed by atoms with Crippen LogP contribution in [-0.2, 0) is 4.79 Å². The van der Waals surface area contributed by atoms with E-state index in [1.165, 1.54) is 47.4 Å². The predicted molar refractivity (Wildman–Crippen MR) is 94.4 cm³/mol. The first-order valence-electron chi connectivity index (χ1n) is 6.99. The van der Waals surface area contributed by atoms with Gasteiger partial charge in [-0.05, 0) is 29.8 Å². The summed E-state index contributed by atoms with van der Waals surface area (Å²) >= 11 is 2.50. The lowest BCUT2D eigenvalue weighted by Gasteiger charge is -2.15. The number of rotatable bonds is 5. The van der Waals surface area contributed by atoms with Crippen LogP contribution in [0.25, 0.3) is 0 Å². The minimum atomic E-state index is -0.524. The predicted octanol–water partition coefficient (Wildman–Crippen LogP) is 3.73. The number of halogens is 1. The van der Waals surface area contributed by atoms with Crippen LogP contribution in [0.1, 0.15) is 10.8 Å². The van der Waals surface area contributed by atoms with Gasteiger partial charge < -0.3 is 11.1 Å². The van der Waals surface area contributed by atoms with E-state index < -0.39 is 5.25 Å². The Bertz CT molecular complexity index is 824. The van der Waals surface area contributed by atoms with E-state index in [2.05, 4.69) is 15.5 Å². The highest BCUT2D eigenvalue weighted by molar-refractivity contribution is 8.02. The highest BCUT2D eigenvalue weighted by Gasteiger charge is 2.24. The van der Waals surface area contributed by atoms with Gasteiger partial charge in [0.15, 0.2) is 4.34 Å². The number of nitrogens with zero attached hydrogens (tertiary/aromatic N) is 2. The van der Waals surface area contributed by atoms with E-state index in [0.29, 0.717) is 15.2 Å². The number of amides is 1. The van der Waals surface area contributed by atoms with Crippen LogP contribution in [0.5, 0.6) is 0 Å². The number of aromatic nitrogens is 2. The summed E-state index contributed by atoms with van der Waals surface area (Å²) in [7, 11) is 0. The number of benzene rings is 2. The summed E-state index contributed by atoms with van der Waals surface area (Å²) in [6.45, 7) is 0. The molecule has 1 amide bonds. The fraction of sp³-hybridized carbons (Fsp3) is 0.0625. The average molecular weight is 360 g/mol. The Morgan fingerprint density at radius 3 is 2.46 bits per heavy atom. The van der Waals surface area contributed by atoms with E-state index in [1.807, 2.05) is 30.3 Å². The molecule has 0 saturated carbocycles. The smallest absolute Gasteiger partial charge is 0.242 e. The average Bonchev–Trinajstić information content (AvgIpc) is 3.00. The van der Waals surface area contributed by atoms with Crippen LogP contribution < -0.4 is 11.1 Å². The Kier molecular flexibility index (Phi) is 5.07. The molecular formula is C16H13FN4OS2. The number of carbonyl (C=O) groups excluding carboxylic acids is 1. The zero-order valence-corrected chi connectivity index (χ0v) is 14.0. The van der Waals surface area contributed by atoms with Gasteiger partial charge in [0.2, 0.25) is 11.0 Å². The molecule has 0 aliphatic carbocycles. The van der Waals surface area contributed by atoms with E-state index >= 15 is 0 Å². The molecule has 0 saturated heterocycles. The van der Waals surface area contributed by atoms with Gasteiger partial charge in [0, 0.05) is 5.69 Å². The van der Waals surface area contributed by atoms with E-state index in [-0.39, 0.29) is 11.7 Å². The fourth-order valence-electron chi connectivity index (χ4n) is 2.01. The van der Waals surface area contributed by atoms with Crippen LogP contribution >= 0.6 is 23.1 Å². The second kappa shape index (κ2) is 7.41. The molecule has 122 valence electrons. The summed E-state index contributed by atoms with van der Waals surface area (Å²) in [6, 6.07) is 15.0. The van der Waals surface area contributed by atoms with Gasteiger partial charge in [-0.3, -0.25) is 4.79 Å². The van der Waals surface area contributed by atoms with Gasteiger partial charge in [-0.1, -0.05) is 53.4 Å². The molecule has 1 aromatic heterocycles. The molecule has 0 fully saturated rings. The van der Waals surface area contributed by atoms with Crippen LogP contribution in [0.2, 0.25) is 0 Å². The minimum Gasteiger partial charge on any atom is -0.374 e. The van der Waals surface area contributed by atoms with Crippen molar-refractivity contribution in [1.29, 1.82) is 0 Å². The van der Waals surface area contributed by atoms with Crippen molar-refractivity contribution >= 4 is 39.8 Å². The Morgan fingerprint density at radius 1 is 1.12 bits per heavy atom. The van der Waals surface area contributed by atoms with E-state index in [4.69, 9.17) is 5.73 Å². The molecule has 2 aromatic carbocycles. The molecule has 5 nitrogen and oxygen atoms in total. The zero-order valence-electron chi connectivity index (χ0n) is 12.3. The number of hydrogen-bond acceptors (Lipinski definition) is 6. The molecule has 0 radical (unpaired) electrons. The van der Waals surface area contributed by atoms with Crippen LogP contribution in [0.15, 0.2) is 58.9 Å². The van der Waals surface area contributed by atoms with Gasteiger partial charge in [0.1, 0.15) is 11.1 Å². The summed E-state index contributed by atoms with van der Waals surface area (Å²) in [5.41, 5.74) is 6.96. The monoisotopic (exact) mass is 360 g/mol. The van der Waals surface area contributed by atoms with Crippen LogP contribution in [0.4, 0.5) is 15.2 Å². The lowest BCUT2D eigenvalue weighted by atomic mass is 10.1. The molecule has 1 atom stereocenters. The van der Waals surface area contributed by atoms with Crippen molar-refractivity contribution in [3.63, 3.8) is 0 Å². The quantitative estimate of drug-likeness (QED) is 0.678. The molecule has 0 bridgehead atoms. The minimum absolute atomic E-state index is 0.230. The van der Waals surface area contributed by atoms with Gasteiger partial charge in [0.25, 0.3) is 0 Å². The van der Waals surface area contributed by atoms with Gasteiger partial charge in [0.05, 0.1) is 0 Å². The maximum absolute atomic E-state index is 13.0. The second-order valence-corrected chi connectivity index (χ2v) is 7.17. The van der Waals surface area contributed by atoms with Crippen molar-refractivity contribution in [3.8, 4) is 0 Å². The van der Waals surface area contributed by atoms with Crippen molar-refractivity contribution < 1.29 is 9.18 Å². The summed E-state index contributed by atoms with van der Waals surface area (Å²) in [6.07, 6.45) is 0. The van der Waals surface area contributed by atoms with Crippen molar-refractivity contribution in [2.45, 2.75) is 9.59 Å². The van der Waals surface area contributed by atoms with Crippen molar-refractivity contribution in [1.82, 2.24) is 10.2 Å². The van der Waals surface area contributed by atoms with Crippen molar-refractivity contribution in [2.75, 3.05) is 11.1 Å². The number of nitrogens with one attached hydrogen (secondary N) is 1. The van der Waals surface area contributed by atoms with Crippen LogP contribution in [-0.4, -0.2) is 16.1 Å². The zero-order chi connectivity index (χ0) is 16.9. The van der Waals surface area contributed by atoms with Crippen molar-refractivity contribution in [2.24, 2.45) is 0 Å². The Hall–Kier alpha value is -2.45. The summed E-state index contributed by atoms with van der Waals surface area (Å²) < 4.78 is 13.6. The molecular weight excluding hydrogens is 347 g/mol. The molecule has 3 rings (SSSR count). The van der Waals surface area contributed by atoms with Gasteiger partial charge >= 0.3 is 0 Å². The number of carbonyl (C=O) groups is 1. The highest BCUT2D eigenvalue weighted by atomic mass is 32.2. The molecule has 0 aliphatic heterocycles. The largest absolute Gasteiger partial charge is 0.374 e. The first-order chi connectivity index (χ1) is 11.6. The second-order valence-electron chi connectivity index (χ2n) is 4.81. The lowest BCUT2D eigenvalue weighted by Crippen LogP contribution is -2.19. The van der Waals surface area contributed by atoms with Crippen LogP contribution in [0, 0.1) is 5.82 Å². The summed E-state index contributed by atoms with van der Waals surface area (Å²) in [5, 5.41) is 10.3. The summed E-state index contributed by atoms with van der Waals surface area (Å²) in [4.78, 5) is 12.7. The number of nitrogen functional groups attached to an aromatic ring is 1. The number of thioether (sulfide) groups is 1. The van der Waals surface area contributed by atoms with Gasteiger partial charge in [-0.2, -0.15) is 0 Å². The third kappa shape index (κ3) is 4.09. The molecule has 3 aromatic rings. The number of nitrogens with two attached hydrogens (primary N) is 1. The van der Waals surface area contributed by atoms with E-state index in [1.54, 1.807) is 0 Å². The number of anilines is 2. The Labute approximate surface area is 146 Å². The standard InChI is InChI=1S/C16H13FN4OS2/c17-11-6-8-12(9-7-11)19-14(22)13(10-4-2-1-3-5-10)23-16-21-20-15(18)24-16/h1-9,13H,(H2,18,20)(H,19,22)/t13-/m1/s1. The third-order valence-corrected chi connectivity index (χ3v) is 5.18. The maximum atomic E-state index is 13.0. The third-order valence-electron chi connectivity index (χ3n) is 3.09. The maximum Gasteiger partial charge on any atom is 0.242 e. The Balaban J connectivity index is 1.83. The summed E-state index contributed by atoms with van der Waals surface area (Å²) in [5.74, 6) is -0.585. The lowest BCUT2D eigenvalue weighted by molar-refractivity contribution is -0.115. The van der Waals surface area contributed by atoms with Crippen molar-refractivity contribution in [3.05, 3.63) is 66.0 Å². The molecule has 24 heavy (non-hydrogen) atoms. The molecule has 0 aliphatic rings. The van der Waals surface area contributed by atoms with Gasteiger partial charge in [-0.25, -0.2) is 4.39 Å². The number of hydrogen-bond donors (Lipinski definition) is 2. The molecule has 8 heteroatoms. The van der Waals surface area contributed by atoms with E-state index in [9.17, 15) is 9.18 Å². The Morgan fingerprint density at radius 2 is 1.83 bits per heavy atom. The molecule has 3 N–H and O–H groups in total. The first-order valence-corrected chi connectivity index (χ1v) is 8.68. The molecule has 0 spiro atoms. The topological polar surface area (TPSA) is 80.9 Å². The van der Waals surface area contributed by atoms with Gasteiger partial charge in [-0.15, -0.1) is 10.2 Å². The first kappa shape index (κ1) is 16.4. The SMILES string of the molecule is Nc1nnc(S[C@@H](C(=O)Nc2ccc(F)cc2)c2ccccc2)s1. The molecule has 0 unspecified atom stereocenters. The highest BCUT2D eigenvalue weighted by Crippen LogP contribution is 2.38.